The standard InChI is InChI=1S/C9H10N2O2/c1-6-7(4-10-5-11-6)9(2-3-9)8(12)13/h4-5H,2-3H2,1H3,(H,12,13). The molecule has 0 atom stereocenters. The molecule has 1 fully saturated rings. The second kappa shape index (κ2) is 2.52. The average Bonchev–Trinajstić information content (AvgIpc) is 2.85. The monoisotopic (exact) mass is 178 g/mol. The number of aromatic nitrogens is 2. The van der Waals surface area contributed by atoms with Gasteiger partial charge in [0.25, 0.3) is 0 Å². The van der Waals surface area contributed by atoms with Crippen molar-refractivity contribution in [2.45, 2.75) is 25.2 Å². The lowest BCUT2D eigenvalue weighted by atomic mass is 9.97. The van der Waals surface area contributed by atoms with Crippen LogP contribution in [0.3, 0.4) is 0 Å². The highest BCUT2D eigenvalue weighted by atomic mass is 16.4. The van der Waals surface area contributed by atoms with Crippen LogP contribution >= 0.6 is 0 Å². The van der Waals surface area contributed by atoms with Crippen molar-refractivity contribution >= 4 is 5.97 Å². The van der Waals surface area contributed by atoms with Gasteiger partial charge in [0.05, 0.1) is 5.41 Å². The Morgan fingerprint density at radius 2 is 2.31 bits per heavy atom. The number of hydrogen-bond donors (Lipinski definition) is 1. The van der Waals surface area contributed by atoms with Crippen LogP contribution in [0.1, 0.15) is 24.1 Å². The molecule has 0 amide bonds. The lowest BCUT2D eigenvalue weighted by Crippen LogP contribution is -2.21. The Morgan fingerprint density at radius 1 is 1.62 bits per heavy atom. The van der Waals surface area contributed by atoms with Crippen LogP contribution in [-0.4, -0.2) is 21.0 Å². The maximum Gasteiger partial charge on any atom is 0.314 e. The second-order valence-electron chi connectivity index (χ2n) is 3.41. The van der Waals surface area contributed by atoms with E-state index in [0.717, 1.165) is 11.3 Å². The van der Waals surface area contributed by atoms with E-state index in [1.165, 1.54) is 6.33 Å². The Morgan fingerprint density at radius 3 is 2.77 bits per heavy atom. The molecule has 1 aliphatic carbocycles. The van der Waals surface area contributed by atoms with Crippen molar-refractivity contribution in [2.75, 3.05) is 0 Å². The zero-order valence-corrected chi connectivity index (χ0v) is 7.32. The Bertz CT molecular complexity index is 358. The summed E-state index contributed by atoms with van der Waals surface area (Å²) in [5.74, 6) is -0.759. The van der Waals surface area contributed by atoms with Crippen LogP contribution in [-0.2, 0) is 10.2 Å². The molecule has 0 aromatic carbocycles. The van der Waals surface area contributed by atoms with Crippen LogP contribution in [0.15, 0.2) is 12.5 Å². The number of carboxylic acid groups (broad SMARTS) is 1. The quantitative estimate of drug-likeness (QED) is 0.730. The molecule has 13 heavy (non-hydrogen) atoms. The van der Waals surface area contributed by atoms with Crippen LogP contribution in [0.2, 0.25) is 0 Å². The molecule has 1 aromatic heterocycles. The van der Waals surface area contributed by atoms with E-state index >= 15 is 0 Å². The molecule has 0 aliphatic heterocycles. The van der Waals surface area contributed by atoms with Crippen molar-refractivity contribution < 1.29 is 9.90 Å². The van der Waals surface area contributed by atoms with Gasteiger partial charge in [-0.05, 0) is 19.8 Å². The highest BCUT2D eigenvalue weighted by molar-refractivity contribution is 5.85. The summed E-state index contributed by atoms with van der Waals surface area (Å²) in [6.07, 6.45) is 4.47. The first-order valence-corrected chi connectivity index (χ1v) is 4.17. The van der Waals surface area contributed by atoms with Gasteiger partial charge in [-0.25, -0.2) is 9.97 Å². The fraction of sp³-hybridized carbons (Fsp3) is 0.444. The number of carboxylic acids is 1. The predicted molar refractivity (Wildman–Crippen MR) is 45.3 cm³/mol. The van der Waals surface area contributed by atoms with E-state index in [0.29, 0.717) is 12.8 Å². The van der Waals surface area contributed by atoms with E-state index in [2.05, 4.69) is 9.97 Å². The minimum atomic E-state index is -0.759. The van der Waals surface area contributed by atoms with Crippen LogP contribution in [0.4, 0.5) is 0 Å². The summed E-state index contributed by atoms with van der Waals surface area (Å²) in [5.41, 5.74) is 0.864. The predicted octanol–water partition coefficient (Wildman–Crippen LogP) is 0.901. The third-order valence-corrected chi connectivity index (χ3v) is 2.59. The van der Waals surface area contributed by atoms with E-state index in [9.17, 15) is 4.79 Å². The van der Waals surface area contributed by atoms with Crippen LogP contribution in [0.5, 0.6) is 0 Å². The van der Waals surface area contributed by atoms with Crippen molar-refractivity contribution in [3.8, 4) is 0 Å². The van der Waals surface area contributed by atoms with Crippen molar-refractivity contribution in [3.63, 3.8) is 0 Å². The number of carbonyl (C=O) groups is 1. The minimum absolute atomic E-state index is 0.675. The SMILES string of the molecule is Cc1ncncc1C1(C(=O)O)CC1. The highest BCUT2D eigenvalue weighted by Gasteiger charge is 2.53. The van der Waals surface area contributed by atoms with Crippen LogP contribution < -0.4 is 0 Å². The fourth-order valence-electron chi connectivity index (χ4n) is 1.58. The van der Waals surface area contributed by atoms with E-state index in [1.807, 2.05) is 6.92 Å². The number of hydrogen-bond acceptors (Lipinski definition) is 3. The van der Waals surface area contributed by atoms with Gasteiger partial charge in [0.2, 0.25) is 0 Å². The maximum absolute atomic E-state index is 11.0. The molecule has 2 rings (SSSR count). The van der Waals surface area contributed by atoms with E-state index < -0.39 is 11.4 Å². The van der Waals surface area contributed by atoms with Gasteiger partial charge in [0.1, 0.15) is 6.33 Å². The van der Waals surface area contributed by atoms with Crippen LogP contribution in [0.25, 0.3) is 0 Å². The van der Waals surface area contributed by atoms with Gasteiger partial charge in [0, 0.05) is 17.5 Å². The third-order valence-electron chi connectivity index (χ3n) is 2.59. The van der Waals surface area contributed by atoms with Gasteiger partial charge in [-0.3, -0.25) is 4.79 Å². The zero-order chi connectivity index (χ0) is 9.47. The smallest absolute Gasteiger partial charge is 0.314 e. The summed E-state index contributed by atoms with van der Waals surface area (Å²) < 4.78 is 0. The lowest BCUT2D eigenvalue weighted by Gasteiger charge is -2.10. The molecule has 68 valence electrons. The Labute approximate surface area is 75.6 Å². The number of aryl methyl sites for hydroxylation is 1. The van der Waals surface area contributed by atoms with Gasteiger partial charge in [0.15, 0.2) is 0 Å². The van der Waals surface area contributed by atoms with Crippen LogP contribution in [0, 0.1) is 6.92 Å². The van der Waals surface area contributed by atoms with E-state index in [-0.39, 0.29) is 0 Å². The number of rotatable bonds is 2. The molecule has 1 aromatic rings. The highest BCUT2D eigenvalue weighted by Crippen LogP contribution is 2.48. The van der Waals surface area contributed by atoms with Gasteiger partial charge >= 0.3 is 5.97 Å². The summed E-state index contributed by atoms with van der Waals surface area (Å²) in [7, 11) is 0. The van der Waals surface area contributed by atoms with Gasteiger partial charge in [-0.15, -0.1) is 0 Å². The molecule has 0 saturated heterocycles. The normalized spacial score (nSPS) is 18.2. The topological polar surface area (TPSA) is 63.1 Å². The lowest BCUT2D eigenvalue weighted by molar-refractivity contribution is -0.140. The summed E-state index contributed by atoms with van der Waals surface area (Å²) in [6, 6.07) is 0. The Hall–Kier alpha value is -1.45. The summed E-state index contributed by atoms with van der Waals surface area (Å²) >= 11 is 0. The molecule has 4 nitrogen and oxygen atoms in total. The molecule has 1 saturated carbocycles. The van der Waals surface area contributed by atoms with Crippen molar-refractivity contribution in [3.05, 3.63) is 23.8 Å². The van der Waals surface area contributed by atoms with E-state index in [1.54, 1.807) is 6.20 Å². The fourth-order valence-corrected chi connectivity index (χ4v) is 1.58. The molecular weight excluding hydrogens is 168 g/mol. The number of aliphatic carboxylic acids is 1. The first-order valence-electron chi connectivity index (χ1n) is 4.17. The second-order valence-corrected chi connectivity index (χ2v) is 3.41. The molecule has 1 N–H and O–H groups in total. The minimum Gasteiger partial charge on any atom is -0.481 e. The Balaban J connectivity index is 2.47. The first-order chi connectivity index (χ1) is 6.17. The largest absolute Gasteiger partial charge is 0.481 e. The number of nitrogens with zero attached hydrogens (tertiary/aromatic N) is 2. The van der Waals surface area contributed by atoms with Gasteiger partial charge in [-0.1, -0.05) is 0 Å². The molecule has 0 unspecified atom stereocenters. The first kappa shape index (κ1) is 8.16. The van der Waals surface area contributed by atoms with E-state index in [4.69, 9.17) is 5.11 Å². The molecule has 1 aliphatic rings. The van der Waals surface area contributed by atoms with Gasteiger partial charge < -0.3 is 5.11 Å². The third kappa shape index (κ3) is 1.09. The maximum atomic E-state index is 11.0. The van der Waals surface area contributed by atoms with Crippen molar-refractivity contribution in [2.24, 2.45) is 0 Å². The summed E-state index contributed by atoms with van der Waals surface area (Å²) in [4.78, 5) is 18.8. The molecule has 1 heterocycles. The molecular formula is C9H10N2O2. The van der Waals surface area contributed by atoms with Crippen molar-refractivity contribution in [1.29, 1.82) is 0 Å². The van der Waals surface area contributed by atoms with Crippen molar-refractivity contribution in [1.82, 2.24) is 9.97 Å². The average molecular weight is 178 g/mol. The summed E-state index contributed by atoms with van der Waals surface area (Å²) in [6.45, 7) is 1.82. The molecule has 4 heteroatoms. The molecule has 0 radical (unpaired) electrons. The molecule has 0 bridgehead atoms. The zero-order valence-electron chi connectivity index (χ0n) is 7.32. The summed E-state index contributed by atoms with van der Waals surface area (Å²) in [5, 5.41) is 9.03. The van der Waals surface area contributed by atoms with Gasteiger partial charge in [-0.2, -0.15) is 0 Å². The molecule has 0 spiro atoms. The Kier molecular flexibility index (Phi) is 1.58.